The fourth-order valence-electron chi connectivity index (χ4n) is 1.96. The fourth-order valence-corrected chi connectivity index (χ4v) is 1.96. The number of hydrogen-bond donors (Lipinski definition) is 1. The third-order valence-electron chi connectivity index (χ3n) is 3.26. The highest BCUT2D eigenvalue weighted by Crippen LogP contribution is 2.25. The summed E-state index contributed by atoms with van der Waals surface area (Å²) in [5, 5.41) is 4.08. The molecule has 2 N–H and O–H groups in total. The number of benzene rings is 1. The van der Waals surface area contributed by atoms with Gasteiger partial charge in [-0.1, -0.05) is 37.3 Å². The van der Waals surface area contributed by atoms with Crippen molar-refractivity contribution in [3.05, 3.63) is 48.0 Å². The van der Waals surface area contributed by atoms with Crippen LogP contribution >= 0.6 is 0 Å². The number of hydrogen-bond acceptors (Lipinski definition) is 3. The molecule has 0 spiro atoms. The Bertz CT molecular complexity index is 477. The van der Waals surface area contributed by atoms with E-state index in [-0.39, 0.29) is 5.54 Å². The molecule has 17 heavy (non-hydrogen) atoms. The largest absolute Gasteiger partial charge is 0.321 e. The summed E-state index contributed by atoms with van der Waals surface area (Å²) in [4.78, 5) is 4.25. The molecule has 0 aliphatic rings. The zero-order valence-electron chi connectivity index (χ0n) is 10.3. The third-order valence-corrected chi connectivity index (χ3v) is 3.26. The van der Waals surface area contributed by atoms with Gasteiger partial charge in [-0.2, -0.15) is 5.10 Å². The van der Waals surface area contributed by atoms with Gasteiger partial charge in [0.2, 0.25) is 0 Å². The Hall–Kier alpha value is -1.68. The van der Waals surface area contributed by atoms with Gasteiger partial charge in [0, 0.05) is 19.0 Å². The molecule has 90 valence electrons. The summed E-state index contributed by atoms with van der Waals surface area (Å²) in [6, 6.07) is 10.2. The Morgan fingerprint density at radius 2 is 2.00 bits per heavy atom. The lowest BCUT2D eigenvalue weighted by atomic mass is 9.85. The van der Waals surface area contributed by atoms with Crippen LogP contribution in [0.1, 0.15) is 24.7 Å². The summed E-state index contributed by atoms with van der Waals surface area (Å²) in [5.41, 5.74) is 7.27. The molecule has 0 amide bonds. The summed E-state index contributed by atoms with van der Waals surface area (Å²) in [5.74, 6) is 0.915. The lowest BCUT2D eigenvalue weighted by Gasteiger charge is -2.28. The maximum Gasteiger partial charge on any atom is 0.138 e. The molecule has 0 bridgehead atoms. The molecule has 0 radical (unpaired) electrons. The minimum atomic E-state index is -0.373. The van der Waals surface area contributed by atoms with Crippen molar-refractivity contribution in [1.29, 1.82) is 0 Å². The summed E-state index contributed by atoms with van der Waals surface area (Å²) in [7, 11) is 1.89. The molecule has 1 aromatic heterocycles. The van der Waals surface area contributed by atoms with E-state index in [9.17, 15) is 0 Å². The molecular weight excluding hydrogens is 212 g/mol. The zero-order valence-corrected chi connectivity index (χ0v) is 10.3. The molecule has 0 saturated carbocycles. The summed E-state index contributed by atoms with van der Waals surface area (Å²) in [6.07, 6.45) is 3.13. The van der Waals surface area contributed by atoms with Crippen LogP contribution in [0.4, 0.5) is 0 Å². The van der Waals surface area contributed by atoms with Crippen molar-refractivity contribution < 1.29 is 0 Å². The van der Waals surface area contributed by atoms with Gasteiger partial charge in [0.25, 0.3) is 0 Å². The van der Waals surface area contributed by atoms with Crippen LogP contribution in [0.5, 0.6) is 0 Å². The number of nitrogens with zero attached hydrogens (tertiary/aromatic N) is 3. The SMILES string of the molecule is CCC(N)(Cc1ncnn1C)c1ccccc1. The minimum Gasteiger partial charge on any atom is -0.321 e. The van der Waals surface area contributed by atoms with Crippen LogP contribution in [0.15, 0.2) is 36.7 Å². The first kappa shape index (κ1) is 11.8. The van der Waals surface area contributed by atoms with Crippen LogP contribution in [0.3, 0.4) is 0 Å². The normalized spacial score (nSPS) is 14.5. The van der Waals surface area contributed by atoms with E-state index in [1.165, 1.54) is 0 Å². The molecule has 0 fully saturated rings. The second-order valence-corrected chi connectivity index (χ2v) is 4.35. The lowest BCUT2D eigenvalue weighted by molar-refractivity contribution is 0.407. The van der Waals surface area contributed by atoms with Crippen molar-refractivity contribution in [3.63, 3.8) is 0 Å². The standard InChI is InChI=1S/C13H18N4/c1-3-13(14,11-7-5-4-6-8-11)9-12-15-10-16-17(12)2/h4-8,10H,3,9,14H2,1-2H3. The van der Waals surface area contributed by atoms with Gasteiger partial charge in [-0.25, -0.2) is 4.98 Å². The van der Waals surface area contributed by atoms with E-state index in [0.29, 0.717) is 6.42 Å². The van der Waals surface area contributed by atoms with E-state index in [4.69, 9.17) is 5.73 Å². The fraction of sp³-hybridized carbons (Fsp3) is 0.385. The monoisotopic (exact) mass is 230 g/mol. The van der Waals surface area contributed by atoms with Crippen molar-refractivity contribution >= 4 is 0 Å². The van der Waals surface area contributed by atoms with Gasteiger partial charge in [0.15, 0.2) is 0 Å². The van der Waals surface area contributed by atoms with Crippen LogP contribution in [0.25, 0.3) is 0 Å². The first-order valence-corrected chi connectivity index (χ1v) is 5.83. The summed E-state index contributed by atoms with van der Waals surface area (Å²) < 4.78 is 1.78. The van der Waals surface area contributed by atoms with E-state index in [1.54, 1.807) is 11.0 Å². The smallest absolute Gasteiger partial charge is 0.138 e. The van der Waals surface area contributed by atoms with E-state index < -0.39 is 0 Å². The molecule has 4 heteroatoms. The molecule has 2 rings (SSSR count). The third kappa shape index (κ3) is 2.36. The average molecular weight is 230 g/mol. The quantitative estimate of drug-likeness (QED) is 0.868. The highest BCUT2D eigenvalue weighted by Gasteiger charge is 2.27. The number of nitrogens with two attached hydrogens (primary N) is 1. The van der Waals surface area contributed by atoms with Crippen LogP contribution in [0, 0.1) is 0 Å². The molecule has 1 aromatic carbocycles. The second-order valence-electron chi connectivity index (χ2n) is 4.35. The summed E-state index contributed by atoms with van der Waals surface area (Å²) >= 11 is 0. The van der Waals surface area contributed by atoms with Gasteiger partial charge in [0.05, 0.1) is 0 Å². The molecule has 0 aliphatic carbocycles. The van der Waals surface area contributed by atoms with Gasteiger partial charge in [-0.3, -0.25) is 4.68 Å². The molecule has 0 saturated heterocycles. The van der Waals surface area contributed by atoms with E-state index in [0.717, 1.165) is 17.8 Å². The highest BCUT2D eigenvalue weighted by molar-refractivity contribution is 5.25. The van der Waals surface area contributed by atoms with Crippen LogP contribution < -0.4 is 5.73 Å². The van der Waals surface area contributed by atoms with Gasteiger partial charge in [0.1, 0.15) is 12.2 Å². The van der Waals surface area contributed by atoms with Crippen molar-refractivity contribution in [2.45, 2.75) is 25.3 Å². The Morgan fingerprint density at radius 1 is 1.29 bits per heavy atom. The van der Waals surface area contributed by atoms with Crippen molar-refractivity contribution in [1.82, 2.24) is 14.8 Å². The molecular formula is C13H18N4. The van der Waals surface area contributed by atoms with Crippen LogP contribution in [-0.4, -0.2) is 14.8 Å². The van der Waals surface area contributed by atoms with Gasteiger partial charge in [-0.15, -0.1) is 0 Å². The maximum absolute atomic E-state index is 6.50. The van der Waals surface area contributed by atoms with Gasteiger partial charge >= 0.3 is 0 Å². The van der Waals surface area contributed by atoms with Crippen molar-refractivity contribution in [2.75, 3.05) is 0 Å². The van der Waals surface area contributed by atoms with Crippen LogP contribution in [-0.2, 0) is 19.0 Å². The highest BCUT2D eigenvalue weighted by atomic mass is 15.3. The predicted molar refractivity (Wildman–Crippen MR) is 67.3 cm³/mol. The number of aromatic nitrogens is 3. The lowest BCUT2D eigenvalue weighted by Crippen LogP contribution is -2.39. The van der Waals surface area contributed by atoms with Gasteiger partial charge < -0.3 is 5.73 Å². The average Bonchev–Trinajstić information content (AvgIpc) is 2.76. The Kier molecular flexibility index (Phi) is 3.24. The molecule has 4 nitrogen and oxygen atoms in total. The molecule has 1 heterocycles. The molecule has 1 atom stereocenters. The number of aryl methyl sites for hydroxylation is 1. The molecule has 0 aliphatic heterocycles. The van der Waals surface area contributed by atoms with E-state index >= 15 is 0 Å². The first-order chi connectivity index (χ1) is 8.15. The molecule has 1 unspecified atom stereocenters. The second kappa shape index (κ2) is 4.67. The number of rotatable bonds is 4. The first-order valence-electron chi connectivity index (χ1n) is 5.83. The minimum absolute atomic E-state index is 0.373. The van der Waals surface area contributed by atoms with Crippen LogP contribution in [0.2, 0.25) is 0 Å². The predicted octanol–water partition coefficient (Wildman–Crippen LogP) is 1.62. The summed E-state index contributed by atoms with van der Waals surface area (Å²) in [6.45, 7) is 2.10. The van der Waals surface area contributed by atoms with Crippen molar-refractivity contribution in [2.24, 2.45) is 12.8 Å². The van der Waals surface area contributed by atoms with E-state index in [2.05, 4.69) is 29.1 Å². The Morgan fingerprint density at radius 3 is 2.53 bits per heavy atom. The molecule has 2 aromatic rings. The Labute approximate surface area is 101 Å². The Balaban J connectivity index is 2.30. The maximum atomic E-state index is 6.50. The zero-order chi connectivity index (χ0) is 12.3. The van der Waals surface area contributed by atoms with Crippen molar-refractivity contribution in [3.8, 4) is 0 Å². The topological polar surface area (TPSA) is 56.7 Å². The van der Waals surface area contributed by atoms with E-state index in [1.807, 2.05) is 25.2 Å². The van der Waals surface area contributed by atoms with Gasteiger partial charge in [-0.05, 0) is 12.0 Å².